The molecule has 36 heavy (non-hydrogen) atoms. The molecule has 3 aliphatic rings. The fourth-order valence-electron chi connectivity index (χ4n) is 6.31. The van der Waals surface area contributed by atoms with E-state index < -0.39 is 23.4 Å². The average molecular weight is 509 g/mol. The van der Waals surface area contributed by atoms with Crippen LogP contribution < -0.4 is 4.90 Å². The number of halogens is 3. The van der Waals surface area contributed by atoms with Crippen molar-refractivity contribution in [2.24, 2.45) is 23.7 Å². The number of carbonyl (C=O) groups excluding carboxylic acids is 1. The SMILES string of the molecule is CC(=O)O[C@@H]1[CH][C@@]2(O)[C@H](C)CC[C@@H](C(C)CN3CCN(c4ncccc4C(F)(F)F)CC3)[C@H]2C=C1C. The normalized spacial score (nSPS) is 32.4. The van der Waals surface area contributed by atoms with Crippen LogP contribution in [0.2, 0.25) is 0 Å². The van der Waals surface area contributed by atoms with Gasteiger partial charge in [0.05, 0.1) is 11.2 Å². The highest BCUT2D eigenvalue weighted by molar-refractivity contribution is 5.66. The van der Waals surface area contributed by atoms with Crippen molar-refractivity contribution < 1.29 is 27.8 Å². The summed E-state index contributed by atoms with van der Waals surface area (Å²) in [6.45, 7) is 10.7. The Balaban J connectivity index is 1.42. The summed E-state index contributed by atoms with van der Waals surface area (Å²) in [6, 6.07) is 2.41. The molecule has 0 bridgehead atoms. The molecule has 4 rings (SSSR count). The van der Waals surface area contributed by atoms with Gasteiger partial charge < -0.3 is 14.7 Å². The Bertz CT molecular complexity index is 977. The molecule has 1 aliphatic heterocycles. The Kier molecular flexibility index (Phi) is 7.72. The molecule has 0 amide bonds. The first-order valence-corrected chi connectivity index (χ1v) is 12.8. The second-order valence-electron chi connectivity index (χ2n) is 10.8. The van der Waals surface area contributed by atoms with Crippen molar-refractivity contribution >= 4 is 11.8 Å². The number of aromatic nitrogens is 1. The smallest absolute Gasteiger partial charge is 0.419 e. The summed E-state index contributed by atoms with van der Waals surface area (Å²) in [4.78, 5) is 19.6. The van der Waals surface area contributed by atoms with E-state index in [2.05, 4.69) is 29.8 Å². The van der Waals surface area contributed by atoms with Gasteiger partial charge in [0, 0.05) is 58.2 Å². The van der Waals surface area contributed by atoms with Gasteiger partial charge in [-0.25, -0.2) is 4.98 Å². The zero-order valence-corrected chi connectivity index (χ0v) is 21.5. The van der Waals surface area contributed by atoms with E-state index >= 15 is 0 Å². The number of anilines is 1. The number of fused-ring (bicyclic) bond motifs is 1. The number of aliphatic hydroxyl groups is 1. The fraction of sp³-hybridized carbons (Fsp3) is 0.667. The van der Waals surface area contributed by atoms with Crippen molar-refractivity contribution in [3.63, 3.8) is 0 Å². The van der Waals surface area contributed by atoms with Crippen LogP contribution in [0.4, 0.5) is 19.0 Å². The van der Waals surface area contributed by atoms with E-state index in [0.29, 0.717) is 26.2 Å². The third-order valence-electron chi connectivity index (χ3n) is 8.36. The number of ether oxygens (including phenoxy) is 1. The highest BCUT2D eigenvalue weighted by Gasteiger charge is 2.53. The van der Waals surface area contributed by atoms with Gasteiger partial charge in [-0.3, -0.25) is 9.69 Å². The van der Waals surface area contributed by atoms with Gasteiger partial charge in [-0.1, -0.05) is 19.9 Å². The predicted molar refractivity (Wildman–Crippen MR) is 131 cm³/mol. The van der Waals surface area contributed by atoms with Crippen molar-refractivity contribution in [1.29, 1.82) is 0 Å². The average Bonchev–Trinajstić information content (AvgIpc) is 2.81. The summed E-state index contributed by atoms with van der Waals surface area (Å²) in [7, 11) is 0. The highest BCUT2D eigenvalue weighted by atomic mass is 19.4. The Morgan fingerprint density at radius 3 is 2.61 bits per heavy atom. The van der Waals surface area contributed by atoms with Crippen molar-refractivity contribution in [1.82, 2.24) is 9.88 Å². The van der Waals surface area contributed by atoms with E-state index in [4.69, 9.17) is 4.74 Å². The van der Waals surface area contributed by atoms with Crippen LogP contribution in [0.25, 0.3) is 0 Å². The molecule has 2 fully saturated rings. The Hall–Kier alpha value is -2.13. The molecular formula is C27H37F3N3O3. The predicted octanol–water partition coefficient (Wildman–Crippen LogP) is 4.35. The van der Waals surface area contributed by atoms with Crippen LogP contribution in [0, 0.1) is 30.1 Å². The van der Waals surface area contributed by atoms with Crippen LogP contribution >= 0.6 is 0 Å². The minimum atomic E-state index is -4.43. The lowest BCUT2D eigenvalue weighted by Gasteiger charge is -2.53. The van der Waals surface area contributed by atoms with Gasteiger partial charge in [-0.15, -0.1) is 0 Å². The second-order valence-corrected chi connectivity index (χ2v) is 10.8. The third kappa shape index (κ3) is 5.42. The zero-order valence-electron chi connectivity index (χ0n) is 21.5. The highest BCUT2D eigenvalue weighted by Crippen LogP contribution is 2.51. The molecule has 0 spiro atoms. The molecule has 6 atom stereocenters. The van der Waals surface area contributed by atoms with E-state index in [1.54, 1.807) is 4.90 Å². The van der Waals surface area contributed by atoms with Gasteiger partial charge in [0.15, 0.2) is 0 Å². The number of esters is 1. The molecule has 2 heterocycles. The Labute approximate surface area is 211 Å². The van der Waals surface area contributed by atoms with Crippen molar-refractivity contribution in [2.45, 2.75) is 58.4 Å². The van der Waals surface area contributed by atoms with Crippen molar-refractivity contribution in [3.05, 3.63) is 42.0 Å². The first kappa shape index (κ1) is 26.9. The van der Waals surface area contributed by atoms with Gasteiger partial charge in [-0.2, -0.15) is 13.2 Å². The monoisotopic (exact) mass is 508 g/mol. The maximum atomic E-state index is 13.4. The van der Waals surface area contributed by atoms with E-state index in [1.165, 1.54) is 19.2 Å². The number of nitrogens with zero attached hydrogens (tertiary/aromatic N) is 3. The fourth-order valence-corrected chi connectivity index (χ4v) is 6.31. The number of carbonyl (C=O) groups is 1. The second kappa shape index (κ2) is 10.3. The summed E-state index contributed by atoms with van der Waals surface area (Å²) in [5, 5.41) is 11.7. The van der Waals surface area contributed by atoms with Crippen LogP contribution in [-0.4, -0.2) is 65.4 Å². The van der Waals surface area contributed by atoms with E-state index in [0.717, 1.165) is 31.0 Å². The quantitative estimate of drug-likeness (QED) is 0.471. The molecule has 1 aromatic heterocycles. The Morgan fingerprint density at radius 1 is 1.28 bits per heavy atom. The minimum Gasteiger partial charge on any atom is -0.458 e. The molecule has 199 valence electrons. The number of piperazine rings is 1. The van der Waals surface area contributed by atoms with E-state index in [9.17, 15) is 23.1 Å². The number of hydrogen-bond donors (Lipinski definition) is 1. The van der Waals surface area contributed by atoms with Gasteiger partial charge in [0.1, 0.15) is 11.9 Å². The van der Waals surface area contributed by atoms with Crippen LogP contribution in [0.3, 0.4) is 0 Å². The molecule has 1 aromatic rings. The van der Waals surface area contributed by atoms with Gasteiger partial charge in [-0.05, 0) is 55.2 Å². The molecule has 9 heteroatoms. The van der Waals surface area contributed by atoms with Gasteiger partial charge >= 0.3 is 12.1 Å². The number of pyridine rings is 1. The summed E-state index contributed by atoms with van der Waals surface area (Å²) >= 11 is 0. The maximum Gasteiger partial charge on any atom is 0.419 e. The lowest BCUT2D eigenvalue weighted by Crippen LogP contribution is -2.57. The summed E-state index contributed by atoms with van der Waals surface area (Å²) in [6.07, 6.45) is 2.26. The molecule has 2 aliphatic carbocycles. The Morgan fingerprint density at radius 2 is 1.97 bits per heavy atom. The first-order valence-electron chi connectivity index (χ1n) is 12.8. The molecule has 0 aromatic carbocycles. The largest absolute Gasteiger partial charge is 0.458 e. The van der Waals surface area contributed by atoms with Crippen molar-refractivity contribution in [3.8, 4) is 0 Å². The molecule has 6 nitrogen and oxygen atoms in total. The summed E-state index contributed by atoms with van der Waals surface area (Å²) in [5.41, 5.74) is -0.788. The van der Waals surface area contributed by atoms with Crippen LogP contribution in [0.1, 0.15) is 46.1 Å². The molecular weight excluding hydrogens is 471 g/mol. The van der Waals surface area contributed by atoms with Gasteiger partial charge in [0.2, 0.25) is 0 Å². The minimum absolute atomic E-state index is 0.00437. The molecule has 1 radical (unpaired) electrons. The van der Waals surface area contributed by atoms with Crippen LogP contribution in [0.5, 0.6) is 0 Å². The van der Waals surface area contributed by atoms with Crippen LogP contribution in [0.15, 0.2) is 30.0 Å². The molecule has 1 saturated carbocycles. The maximum absolute atomic E-state index is 13.4. The molecule has 1 N–H and O–H groups in total. The van der Waals surface area contributed by atoms with E-state index in [-0.39, 0.29) is 35.5 Å². The summed E-state index contributed by atoms with van der Waals surface area (Å²) < 4.78 is 45.8. The number of rotatable bonds is 5. The lowest BCUT2D eigenvalue weighted by atomic mass is 9.57. The lowest BCUT2D eigenvalue weighted by molar-refractivity contribution is -0.148. The molecule has 1 unspecified atom stereocenters. The number of hydrogen-bond acceptors (Lipinski definition) is 6. The topological polar surface area (TPSA) is 65.9 Å². The van der Waals surface area contributed by atoms with Gasteiger partial charge in [0.25, 0.3) is 0 Å². The zero-order chi connectivity index (χ0) is 26.3. The number of alkyl halides is 3. The van der Waals surface area contributed by atoms with Crippen LogP contribution in [-0.2, 0) is 15.7 Å². The standard InChI is InChI=1S/C27H37F3N3O3/c1-17-14-23-21(8-7-19(3)26(23,35)15-24(17)36-20(4)34)18(2)16-32-10-12-33(13-11-32)25-22(27(28,29)30)6-5-9-31-25/h5-6,9,14-15,18-19,21,23-24,35H,7-8,10-13,16H2,1-4H3/t18?,19-,21+,23-,24-,26-/m1/s1. The third-order valence-corrected chi connectivity index (χ3v) is 8.36. The van der Waals surface area contributed by atoms with E-state index in [1.807, 2.05) is 13.3 Å². The summed E-state index contributed by atoms with van der Waals surface area (Å²) in [5.74, 6) is 0.159. The molecule has 1 saturated heterocycles. The first-order chi connectivity index (χ1) is 16.9. The van der Waals surface area contributed by atoms with Crippen molar-refractivity contribution in [2.75, 3.05) is 37.6 Å².